The molecule has 102 valence electrons. The predicted molar refractivity (Wildman–Crippen MR) is 80.2 cm³/mol. The zero-order valence-electron chi connectivity index (χ0n) is 10.7. The van der Waals surface area contributed by atoms with Gasteiger partial charge in [-0.25, -0.2) is 4.79 Å². The van der Waals surface area contributed by atoms with Crippen molar-refractivity contribution in [3.8, 4) is 0 Å². The number of hydrogen-bond acceptors (Lipinski definition) is 2. The summed E-state index contributed by atoms with van der Waals surface area (Å²) in [6, 6.07) is 11.7. The highest BCUT2D eigenvalue weighted by molar-refractivity contribution is 9.10. The van der Waals surface area contributed by atoms with Crippen molar-refractivity contribution in [3.63, 3.8) is 0 Å². The highest BCUT2D eigenvalue weighted by Gasteiger charge is 2.10. The van der Waals surface area contributed by atoms with Gasteiger partial charge in [0.1, 0.15) is 0 Å². The van der Waals surface area contributed by atoms with Gasteiger partial charge in [0.15, 0.2) is 0 Å². The van der Waals surface area contributed by atoms with Crippen molar-refractivity contribution < 1.29 is 14.7 Å². The molecular weight excluding hydrogens is 322 g/mol. The standard InChI is InChI=1S/C15H12BrNO3/c1-9-8-12(6-7-13(9)15(19)20)17-14(18)10-2-4-11(16)5-3-10/h2-8H,1H3,(H,17,18)(H,19,20). The largest absolute Gasteiger partial charge is 0.478 e. The van der Waals surface area contributed by atoms with E-state index < -0.39 is 5.97 Å². The molecule has 0 heterocycles. The number of benzene rings is 2. The number of carboxylic acid groups (broad SMARTS) is 1. The quantitative estimate of drug-likeness (QED) is 0.899. The fourth-order valence-corrected chi connectivity index (χ4v) is 2.05. The molecule has 1 amide bonds. The zero-order chi connectivity index (χ0) is 14.7. The number of carbonyl (C=O) groups excluding carboxylic acids is 1. The second-order valence-corrected chi connectivity index (χ2v) is 5.21. The first kappa shape index (κ1) is 14.3. The minimum absolute atomic E-state index is 0.228. The summed E-state index contributed by atoms with van der Waals surface area (Å²) in [4.78, 5) is 22.9. The van der Waals surface area contributed by atoms with E-state index in [-0.39, 0.29) is 11.5 Å². The number of nitrogens with one attached hydrogen (secondary N) is 1. The number of aryl methyl sites for hydroxylation is 1. The highest BCUT2D eigenvalue weighted by atomic mass is 79.9. The van der Waals surface area contributed by atoms with E-state index >= 15 is 0 Å². The second-order valence-electron chi connectivity index (χ2n) is 4.30. The van der Waals surface area contributed by atoms with E-state index in [0.717, 1.165) is 4.47 Å². The lowest BCUT2D eigenvalue weighted by Gasteiger charge is -2.08. The van der Waals surface area contributed by atoms with Crippen molar-refractivity contribution in [2.24, 2.45) is 0 Å². The highest BCUT2D eigenvalue weighted by Crippen LogP contribution is 2.17. The van der Waals surface area contributed by atoms with Crippen molar-refractivity contribution in [2.45, 2.75) is 6.92 Å². The smallest absolute Gasteiger partial charge is 0.335 e. The third-order valence-corrected chi connectivity index (χ3v) is 3.35. The predicted octanol–water partition coefficient (Wildman–Crippen LogP) is 3.71. The molecule has 0 saturated carbocycles. The zero-order valence-corrected chi connectivity index (χ0v) is 12.3. The summed E-state index contributed by atoms with van der Waals surface area (Å²) >= 11 is 3.31. The summed E-state index contributed by atoms with van der Waals surface area (Å²) in [5, 5.41) is 11.7. The van der Waals surface area contributed by atoms with E-state index in [2.05, 4.69) is 21.2 Å². The summed E-state index contributed by atoms with van der Waals surface area (Å²) in [5.41, 5.74) is 1.94. The number of halogens is 1. The summed E-state index contributed by atoms with van der Waals surface area (Å²) in [6.07, 6.45) is 0. The van der Waals surface area contributed by atoms with Crippen molar-refractivity contribution >= 4 is 33.5 Å². The van der Waals surface area contributed by atoms with Crippen LogP contribution < -0.4 is 5.32 Å². The van der Waals surface area contributed by atoms with Crippen LogP contribution in [0, 0.1) is 6.92 Å². The number of anilines is 1. The third-order valence-electron chi connectivity index (χ3n) is 2.82. The van der Waals surface area contributed by atoms with Gasteiger partial charge in [-0.05, 0) is 55.0 Å². The Hall–Kier alpha value is -2.14. The van der Waals surface area contributed by atoms with Crippen LogP contribution in [0.15, 0.2) is 46.9 Å². The van der Waals surface area contributed by atoms with E-state index in [0.29, 0.717) is 16.8 Å². The van der Waals surface area contributed by atoms with Gasteiger partial charge in [0.2, 0.25) is 0 Å². The minimum atomic E-state index is -0.978. The van der Waals surface area contributed by atoms with Crippen LogP contribution in [0.1, 0.15) is 26.3 Å². The van der Waals surface area contributed by atoms with Gasteiger partial charge in [0.05, 0.1) is 5.56 Å². The van der Waals surface area contributed by atoms with E-state index in [1.807, 2.05) is 0 Å². The first-order valence-electron chi connectivity index (χ1n) is 5.88. The van der Waals surface area contributed by atoms with Crippen LogP contribution in [0.25, 0.3) is 0 Å². The van der Waals surface area contributed by atoms with Gasteiger partial charge in [0.25, 0.3) is 5.91 Å². The lowest BCUT2D eigenvalue weighted by molar-refractivity contribution is 0.0696. The Kier molecular flexibility index (Phi) is 4.20. The molecule has 0 saturated heterocycles. The van der Waals surface area contributed by atoms with Crippen LogP contribution in [0.5, 0.6) is 0 Å². The molecule has 0 aromatic heterocycles. The number of aromatic carboxylic acids is 1. The van der Waals surface area contributed by atoms with Crippen LogP contribution in [0.3, 0.4) is 0 Å². The van der Waals surface area contributed by atoms with E-state index in [1.165, 1.54) is 6.07 Å². The van der Waals surface area contributed by atoms with Crippen LogP contribution in [-0.2, 0) is 0 Å². The molecule has 0 unspecified atom stereocenters. The molecule has 0 aliphatic carbocycles. The van der Waals surface area contributed by atoms with Gasteiger partial charge < -0.3 is 10.4 Å². The summed E-state index contributed by atoms with van der Waals surface area (Å²) < 4.78 is 0.899. The topological polar surface area (TPSA) is 66.4 Å². The lowest BCUT2D eigenvalue weighted by atomic mass is 10.1. The average Bonchev–Trinajstić information content (AvgIpc) is 2.39. The summed E-state index contributed by atoms with van der Waals surface area (Å²) in [5.74, 6) is -1.21. The van der Waals surface area contributed by atoms with Crippen molar-refractivity contribution in [1.29, 1.82) is 0 Å². The Morgan fingerprint density at radius 3 is 2.30 bits per heavy atom. The molecule has 0 spiro atoms. The van der Waals surface area contributed by atoms with Gasteiger partial charge in [0, 0.05) is 15.7 Å². The van der Waals surface area contributed by atoms with E-state index in [1.54, 1.807) is 43.3 Å². The molecule has 0 atom stereocenters. The molecular formula is C15H12BrNO3. The van der Waals surface area contributed by atoms with E-state index in [9.17, 15) is 9.59 Å². The molecule has 0 aliphatic heterocycles. The second kappa shape index (κ2) is 5.88. The molecule has 5 heteroatoms. The maximum atomic E-state index is 12.0. The maximum Gasteiger partial charge on any atom is 0.335 e. The molecule has 2 rings (SSSR count). The first-order valence-corrected chi connectivity index (χ1v) is 6.67. The van der Waals surface area contributed by atoms with Crippen LogP contribution in [0.4, 0.5) is 5.69 Å². The van der Waals surface area contributed by atoms with Crippen molar-refractivity contribution in [3.05, 3.63) is 63.6 Å². The van der Waals surface area contributed by atoms with Gasteiger partial charge in [-0.2, -0.15) is 0 Å². The number of rotatable bonds is 3. The number of carboxylic acids is 1. The SMILES string of the molecule is Cc1cc(NC(=O)c2ccc(Br)cc2)ccc1C(=O)O. The molecule has 2 aromatic rings. The fourth-order valence-electron chi connectivity index (χ4n) is 1.79. The average molecular weight is 334 g/mol. The molecule has 2 aromatic carbocycles. The minimum Gasteiger partial charge on any atom is -0.478 e. The van der Waals surface area contributed by atoms with Crippen molar-refractivity contribution in [1.82, 2.24) is 0 Å². The van der Waals surface area contributed by atoms with Crippen molar-refractivity contribution in [2.75, 3.05) is 5.32 Å². The van der Waals surface area contributed by atoms with Crippen LogP contribution in [-0.4, -0.2) is 17.0 Å². The third kappa shape index (κ3) is 3.24. The Balaban J connectivity index is 2.18. The van der Waals surface area contributed by atoms with Gasteiger partial charge in [-0.1, -0.05) is 15.9 Å². The Morgan fingerprint density at radius 2 is 1.75 bits per heavy atom. The van der Waals surface area contributed by atoms with Gasteiger partial charge in [-0.15, -0.1) is 0 Å². The number of amides is 1. The molecule has 0 aliphatic rings. The molecule has 2 N–H and O–H groups in total. The van der Waals surface area contributed by atoms with Crippen LogP contribution >= 0.6 is 15.9 Å². The van der Waals surface area contributed by atoms with Gasteiger partial charge >= 0.3 is 5.97 Å². The van der Waals surface area contributed by atoms with Gasteiger partial charge in [-0.3, -0.25) is 4.79 Å². The van der Waals surface area contributed by atoms with Crippen LogP contribution in [0.2, 0.25) is 0 Å². The number of hydrogen-bond donors (Lipinski definition) is 2. The molecule has 0 bridgehead atoms. The normalized spacial score (nSPS) is 10.1. The molecule has 0 fully saturated rings. The summed E-state index contributed by atoms with van der Waals surface area (Å²) in [7, 11) is 0. The fraction of sp³-hybridized carbons (Fsp3) is 0.0667. The monoisotopic (exact) mass is 333 g/mol. The number of carbonyl (C=O) groups is 2. The Morgan fingerprint density at radius 1 is 1.10 bits per heavy atom. The molecule has 0 radical (unpaired) electrons. The molecule has 4 nitrogen and oxygen atoms in total. The van der Waals surface area contributed by atoms with E-state index in [4.69, 9.17) is 5.11 Å². The molecule has 20 heavy (non-hydrogen) atoms. The lowest BCUT2D eigenvalue weighted by Crippen LogP contribution is -2.12. The Labute approximate surface area is 124 Å². The summed E-state index contributed by atoms with van der Waals surface area (Å²) in [6.45, 7) is 1.69. The Bertz CT molecular complexity index is 665. The first-order chi connectivity index (χ1) is 9.47. The maximum absolute atomic E-state index is 12.0.